The van der Waals surface area contributed by atoms with Gasteiger partial charge in [0, 0.05) is 45.3 Å². The van der Waals surface area contributed by atoms with Crippen LogP contribution < -0.4 is 10.1 Å². The SMILES string of the molecule is COc1c(/C(C)=C/C(=O)Nc2ccc(Cl)cc2)cc2c3c(oc2c1C)CCCC3. The number of methoxy groups -OCH3 is 1. The minimum Gasteiger partial charge on any atom is -0.496 e. The van der Waals surface area contributed by atoms with Crippen molar-refractivity contribution in [1.82, 2.24) is 0 Å². The highest BCUT2D eigenvalue weighted by molar-refractivity contribution is 6.30. The van der Waals surface area contributed by atoms with Crippen molar-refractivity contribution in [2.45, 2.75) is 39.5 Å². The zero-order chi connectivity index (χ0) is 20.5. The number of aryl methyl sites for hydroxylation is 3. The number of amides is 1. The van der Waals surface area contributed by atoms with Crippen molar-refractivity contribution in [1.29, 1.82) is 0 Å². The Hall–Kier alpha value is -2.72. The molecule has 0 spiro atoms. The summed E-state index contributed by atoms with van der Waals surface area (Å²) in [5, 5.41) is 4.64. The number of furan rings is 1. The Bertz CT molecular complexity index is 1110. The molecule has 0 saturated carbocycles. The highest BCUT2D eigenvalue weighted by atomic mass is 35.5. The van der Waals surface area contributed by atoms with Crippen molar-refractivity contribution in [2.24, 2.45) is 0 Å². The summed E-state index contributed by atoms with van der Waals surface area (Å²) in [6, 6.07) is 9.15. The van der Waals surface area contributed by atoms with Crippen LogP contribution in [-0.2, 0) is 17.6 Å². The number of anilines is 1. The first kappa shape index (κ1) is 19.6. The summed E-state index contributed by atoms with van der Waals surface area (Å²) in [6.07, 6.45) is 5.97. The van der Waals surface area contributed by atoms with Gasteiger partial charge < -0.3 is 14.5 Å². The molecule has 3 aromatic rings. The molecule has 0 fully saturated rings. The number of ether oxygens (including phenoxy) is 1. The molecule has 1 heterocycles. The highest BCUT2D eigenvalue weighted by Crippen LogP contribution is 2.41. The van der Waals surface area contributed by atoms with E-state index in [1.165, 1.54) is 18.4 Å². The number of nitrogens with one attached hydrogen (secondary N) is 1. The average Bonchev–Trinajstić information content (AvgIpc) is 3.08. The monoisotopic (exact) mass is 409 g/mol. The Morgan fingerprint density at radius 2 is 1.93 bits per heavy atom. The van der Waals surface area contributed by atoms with Crippen molar-refractivity contribution in [2.75, 3.05) is 12.4 Å². The predicted molar refractivity (Wildman–Crippen MR) is 118 cm³/mol. The third kappa shape index (κ3) is 3.77. The number of carbonyl (C=O) groups is 1. The third-order valence-electron chi connectivity index (χ3n) is 5.52. The lowest BCUT2D eigenvalue weighted by molar-refractivity contribution is -0.111. The van der Waals surface area contributed by atoms with E-state index in [0.717, 1.165) is 52.0 Å². The third-order valence-corrected chi connectivity index (χ3v) is 5.77. The number of rotatable bonds is 4. The first-order valence-electron chi connectivity index (χ1n) is 9.85. The van der Waals surface area contributed by atoms with E-state index in [2.05, 4.69) is 11.4 Å². The van der Waals surface area contributed by atoms with Crippen LogP contribution in [0.2, 0.25) is 5.02 Å². The second-order valence-corrected chi connectivity index (χ2v) is 7.93. The van der Waals surface area contributed by atoms with Crippen LogP contribution >= 0.6 is 11.6 Å². The van der Waals surface area contributed by atoms with Gasteiger partial charge in [0.25, 0.3) is 0 Å². The molecule has 4 nitrogen and oxygen atoms in total. The lowest BCUT2D eigenvalue weighted by Crippen LogP contribution is -2.08. The van der Waals surface area contributed by atoms with Crippen molar-refractivity contribution in [3.05, 3.63) is 63.9 Å². The van der Waals surface area contributed by atoms with Crippen LogP contribution in [0.3, 0.4) is 0 Å². The number of hydrogen-bond donors (Lipinski definition) is 1. The number of fused-ring (bicyclic) bond motifs is 3. The maximum absolute atomic E-state index is 12.5. The molecule has 1 amide bonds. The molecule has 5 heteroatoms. The molecule has 1 aliphatic carbocycles. The number of allylic oxidation sites excluding steroid dienone is 1. The lowest BCUT2D eigenvalue weighted by atomic mass is 9.93. The predicted octanol–water partition coefficient (Wildman–Crippen LogP) is 6.32. The van der Waals surface area contributed by atoms with E-state index >= 15 is 0 Å². The molecular weight excluding hydrogens is 386 g/mol. The van der Waals surface area contributed by atoms with Gasteiger partial charge in [-0.25, -0.2) is 0 Å². The van der Waals surface area contributed by atoms with Gasteiger partial charge in [0.05, 0.1) is 7.11 Å². The van der Waals surface area contributed by atoms with E-state index < -0.39 is 0 Å². The quantitative estimate of drug-likeness (QED) is 0.512. The first-order chi connectivity index (χ1) is 14.0. The molecule has 0 atom stereocenters. The summed E-state index contributed by atoms with van der Waals surface area (Å²) >= 11 is 5.90. The fourth-order valence-corrected chi connectivity index (χ4v) is 4.20. The second kappa shape index (κ2) is 7.96. The number of benzene rings is 2. The molecule has 0 bridgehead atoms. The fraction of sp³-hybridized carbons (Fsp3) is 0.292. The van der Waals surface area contributed by atoms with Crippen LogP contribution in [0.5, 0.6) is 5.75 Å². The Morgan fingerprint density at radius 1 is 1.21 bits per heavy atom. The van der Waals surface area contributed by atoms with Crippen LogP contribution in [0, 0.1) is 6.92 Å². The Kier molecular flexibility index (Phi) is 5.37. The standard InChI is InChI=1S/C24H24ClNO3/c1-14(12-22(27)26-17-10-8-16(25)9-11-17)19-13-20-18-6-4-5-7-21(18)29-24(20)15(2)23(19)28-3/h8-13H,4-7H2,1-3H3,(H,26,27)/b14-12+. The summed E-state index contributed by atoms with van der Waals surface area (Å²) in [6.45, 7) is 3.94. The van der Waals surface area contributed by atoms with Gasteiger partial charge >= 0.3 is 0 Å². The average molecular weight is 410 g/mol. The second-order valence-electron chi connectivity index (χ2n) is 7.49. The summed E-state index contributed by atoms with van der Waals surface area (Å²) in [5.41, 5.74) is 5.63. The topological polar surface area (TPSA) is 51.5 Å². The molecule has 4 rings (SSSR count). The fourth-order valence-electron chi connectivity index (χ4n) is 4.08. The van der Waals surface area contributed by atoms with E-state index in [1.807, 2.05) is 13.8 Å². The lowest BCUT2D eigenvalue weighted by Gasteiger charge is -2.13. The van der Waals surface area contributed by atoms with E-state index in [4.69, 9.17) is 20.8 Å². The molecule has 2 aromatic carbocycles. The molecule has 150 valence electrons. The number of halogens is 1. The van der Waals surface area contributed by atoms with Crippen LogP contribution in [0.1, 0.15) is 42.2 Å². The molecule has 29 heavy (non-hydrogen) atoms. The maximum atomic E-state index is 12.5. The van der Waals surface area contributed by atoms with E-state index in [9.17, 15) is 4.79 Å². The molecular formula is C24H24ClNO3. The van der Waals surface area contributed by atoms with Gasteiger partial charge in [-0.1, -0.05) is 11.6 Å². The van der Waals surface area contributed by atoms with Crippen molar-refractivity contribution >= 4 is 39.7 Å². The maximum Gasteiger partial charge on any atom is 0.248 e. The molecule has 0 aliphatic heterocycles. The smallest absolute Gasteiger partial charge is 0.248 e. The minimum atomic E-state index is -0.196. The zero-order valence-electron chi connectivity index (χ0n) is 16.9. The molecule has 1 N–H and O–H groups in total. The summed E-state index contributed by atoms with van der Waals surface area (Å²) in [7, 11) is 1.65. The van der Waals surface area contributed by atoms with Gasteiger partial charge in [-0.3, -0.25) is 4.79 Å². The van der Waals surface area contributed by atoms with Crippen molar-refractivity contribution < 1.29 is 13.9 Å². The van der Waals surface area contributed by atoms with Gasteiger partial charge in [0.2, 0.25) is 5.91 Å². The summed E-state index contributed by atoms with van der Waals surface area (Å²) in [4.78, 5) is 12.5. The molecule has 1 aromatic heterocycles. The number of carbonyl (C=O) groups excluding carboxylic acids is 1. The molecule has 0 unspecified atom stereocenters. The molecule has 0 saturated heterocycles. The molecule has 0 radical (unpaired) electrons. The normalized spacial score (nSPS) is 14.0. The molecule has 1 aliphatic rings. The first-order valence-corrected chi connectivity index (χ1v) is 10.2. The van der Waals surface area contributed by atoms with Crippen LogP contribution in [0.4, 0.5) is 5.69 Å². The van der Waals surface area contributed by atoms with Gasteiger partial charge in [0.1, 0.15) is 17.1 Å². The van der Waals surface area contributed by atoms with Crippen LogP contribution in [0.15, 0.2) is 40.8 Å². The Morgan fingerprint density at radius 3 is 2.66 bits per heavy atom. The minimum absolute atomic E-state index is 0.196. The van der Waals surface area contributed by atoms with Gasteiger partial charge in [0.15, 0.2) is 0 Å². The van der Waals surface area contributed by atoms with Crippen molar-refractivity contribution in [3.8, 4) is 5.75 Å². The van der Waals surface area contributed by atoms with Crippen LogP contribution in [-0.4, -0.2) is 13.0 Å². The van der Waals surface area contributed by atoms with Crippen LogP contribution in [0.25, 0.3) is 16.5 Å². The summed E-state index contributed by atoms with van der Waals surface area (Å²) in [5.74, 6) is 1.64. The highest BCUT2D eigenvalue weighted by Gasteiger charge is 2.23. The largest absolute Gasteiger partial charge is 0.496 e. The van der Waals surface area contributed by atoms with E-state index in [1.54, 1.807) is 37.5 Å². The van der Waals surface area contributed by atoms with Gasteiger partial charge in [-0.05, 0) is 69.0 Å². The Labute approximate surface area is 175 Å². The van der Waals surface area contributed by atoms with Gasteiger partial charge in [-0.2, -0.15) is 0 Å². The summed E-state index contributed by atoms with van der Waals surface area (Å²) < 4.78 is 11.9. The Balaban J connectivity index is 1.72. The van der Waals surface area contributed by atoms with Gasteiger partial charge in [-0.15, -0.1) is 0 Å². The number of hydrogen-bond acceptors (Lipinski definition) is 3. The van der Waals surface area contributed by atoms with Crippen molar-refractivity contribution in [3.63, 3.8) is 0 Å². The van der Waals surface area contributed by atoms with E-state index in [-0.39, 0.29) is 5.91 Å². The zero-order valence-corrected chi connectivity index (χ0v) is 17.7. The van der Waals surface area contributed by atoms with E-state index in [0.29, 0.717) is 10.7 Å².